The van der Waals surface area contributed by atoms with Crippen LogP contribution in [0.5, 0.6) is 5.75 Å². The Labute approximate surface area is 187 Å². The first kappa shape index (κ1) is 21.7. The van der Waals surface area contributed by atoms with Crippen LogP contribution in [0, 0.1) is 0 Å². The molecule has 1 saturated heterocycles. The van der Waals surface area contributed by atoms with E-state index in [4.69, 9.17) is 16.3 Å². The standard InChI is InChI=1S/C24H28ClN3O3/c25-19-6-4-17(5-7-19)10-12-26-23(29)16-28-13-2-1-3-21(28)24(30)27-20-8-9-22-18(15-20)11-14-31-22/h4-9,15,21H,1-3,10-14,16H2,(H,26,29)(H,27,30)/t21-/m1/s1. The van der Waals surface area contributed by atoms with Gasteiger partial charge in [-0.3, -0.25) is 14.5 Å². The summed E-state index contributed by atoms with van der Waals surface area (Å²) >= 11 is 5.91. The third-order valence-corrected chi connectivity index (χ3v) is 6.12. The van der Waals surface area contributed by atoms with E-state index < -0.39 is 0 Å². The van der Waals surface area contributed by atoms with Gasteiger partial charge in [-0.2, -0.15) is 0 Å². The molecule has 0 bridgehead atoms. The number of anilines is 1. The van der Waals surface area contributed by atoms with Crippen molar-refractivity contribution >= 4 is 29.1 Å². The molecule has 7 heteroatoms. The largest absolute Gasteiger partial charge is 0.493 e. The van der Waals surface area contributed by atoms with Gasteiger partial charge in [0.1, 0.15) is 5.75 Å². The van der Waals surface area contributed by atoms with E-state index in [1.165, 1.54) is 0 Å². The molecule has 6 nitrogen and oxygen atoms in total. The van der Waals surface area contributed by atoms with Crippen molar-refractivity contribution in [1.82, 2.24) is 10.2 Å². The van der Waals surface area contributed by atoms with Crippen molar-refractivity contribution in [3.8, 4) is 5.75 Å². The van der Waals surface area contributed by atoms with Crippen LogP contribution in [-0.4, -0.2) is 49.0 Å². The molecule has 1 atom stereocenters. The van der Waals surface area contributed by atoms with Gasteiger partial charge in [0, 0.05) is 23.7 Å². The summed E-state index contributed by atoms with van der Waals surface area (Å²) in [5, 5.41) is 6.71. The minimum Gasteiger partial charge on any atom is -0.493 e. The number of fused-ring (bicyclic) bond motifs is 1. The molecule has 0 spiro atoms. The maximum Gasteiger partial charge on any atom is 0.241 e. The first-order valence-electron chi connectivity index (χ1n) is 10.9. The average molecular weight is 442 g/mol. The number of carbonyl (C=O) groups excluding carboxylic acids is 2. The predicted molar refractivity (Wildman–Crippen MR) is 122 cm³/mol. The molecule has 2 amide bonds. The van der Waals surface area contributed by atoms with Gasteiger partial charge >= 0.3 is 0 Å². The highest BCUT2D eigenvalue weighted by molar-refractivity contribution is 6.30. The highest BCUT2D eigenvalue weighted by Gasteiger charge is 2.30. The Balaban J connectivity index is 1.28. The molecule has 1 fully saturated rings. The molecule has 0 saturated carbocycles. The summed E-state index contributed by atoms with van der Waals surface area (Å²) in [6.45, 7) is 2.23. The van der Waals surface area contributed by atoms with Crippen LogP contribution in [-0.2, 0) is 22.4 Å². The fourth-order valence-corrected chi connectivity index (χ4v) is 4.33. The lowest BCUT2D eigenvalue weighted by Gasteiger charge is -2.34. The van der Waals surface area contributed by atoms with Crippen molar-refractivity contribution in [2.45, 2.75) is 38.1 Å². The number of rotatable bonds is 7. The van der Waals surface area contributed by atoms with E-state index in [2.05, 4.69) is 10.6 Å². The summed E-state index contributed by atoms with van der Waals surface area (Å²) in [4.78, 5) is 27.4. The molecule has 4 rings (SSSR count). The van der Waals surface area contributed by atoms with Crippen molar-refractivity contribution in [1.29, 1.82) is 0 Å². The fraction of sp³-hybridized carbons (Fsp3) is 0.417. The maximum absolute atomic E-state index is 13.0. The molecule has 2 aromatic rings. The smallest absolute Gasteiger partial charge is 0.241 e. The van der Waals surface area contributed by atoms with Crippen LogP contribution < -0.4 is 15.4 Å². The van der Waals surface area contributed by atoms with Gasteiger partial charge in [-0.15, -0.1) is 0 Å². The van der Waals surface area contributed by atoms with E-state index in [1.807, 2.05) is 47.4 Å². The first-order valence-corrected chi connectivity index (χ1v) is 11.3. The number of hydrogen-bond donors (Lipinski definition) is 2. The SMILES string of the molecule is O=C(CN1CCCC[C@@H]1C(=O)Nc1ccc2c(c1)CCO2)NCCc1ccc(Cl)cc1. The van der Waals surface area contributed by atoms with Gasteiger partial charge in [-0.05, 0) is 67.3 Å². The molecule has 0 aromatic heterocycles. The molecule has 164 valence electrons. The van der Waals surface area contributed by atoms with Gasteiger partial charge in [-0.1, -0.05) is 30.2 Å². The Morgan fingerprint density at radius 2 is 1.97 bits per heavy atom. The molecule has 2 aromatic carbocycles. The van der Waals surface area contributed by atoms with Crippen LogP contribution in [0.4, 0.5) is 5.69 Å². The van der Waals surface area contributed by atoms with Crippen LogP contribution in [0.1, 0.15) is 30.4 Å². The summed E-state index contributed by atoms with van der Waals surface area (Å²) in [6.07, 6.45) is 4.36. The zero-order valence-corrected chi connectivity index (χ0v) is 18.3. The minimum absolute atomic E-state index is 0.0486. The Morgan fingerprint density at radius 1 is 1.13 bits per heavy atom. The predicted octanol–water partition coefficient (Wildman–Crippen LogP) is 3.43. The van der Waals surface area contributed by atoms with E-state index >= 15 is 0 Å². The highest BCUT2D eigenvalue weighted by atomic mass is 35.5. The second-order valence-electron chi connectivity index (χ2n) is 8.12. The van der Waals surface area contributed by atoms with E-state index in [-0.39, 0.29) is 24.4 Å². The summed E-state index contributed by atoms with van der Waals surface area (Å²) in [5.74, 6) is 0.795. The summed E-state index contributed by atoms with van der Waals surface area (Å²) in [5.41, 5.74) is 3.03. The Kier molecular flexibility index (Phi) is 7.10. The number of halogens is 1. The van der Waals surface area contributed by atoms with E-state index in [0.717, 1.165) is 61.2 Å². The molecule has 0 radical (unpaired) electrons. The van der Waals surface area contributed by atoms with Gasteiger partial charge < -0.3 is 15.4 Å². The lowest BCUT2D eigenvalue weighted by molar-refractivity contribution is -0.127. The van der Waals surface area contributed by atoms with Crippen LogP contribution in [0.2, 0.25) is 5.02 Å². The van der Waals surface area contributed by atoms with Gasteiger partial charge in [0.05, 0.1) is 19.2 Å². The third-order valence-electron chi connectivity index (χ3n) is 5.87. The number of piperidine rings is 1. The van der Waals surface area contributed by atoms with E-state index in [9.17, 15) is 9.59 Å². The van der Waals surface area contributed by atoms with Crippen molar-refractivity contribution in [3.63, 3.8) is 0 Å². The van der Waals surface area contributed by atoms with Crippen LogP contribution >= 0.6 is 11.6 Å². The third kappa shape index (κ3) is 5.77. The first-order chi connectivity index (χ1) is 15.1. The van der Waals surface area contributed by atoms with Crippen molar-refractivity contribution < 1.29 is 14.3 Å². The molecular formula is C24H28ClN3O3. The van der Waals surface area contributed by atoms with Crippen LogP contribution in [0.3, 0.4) is 0 Å². The molecule has 0 aliphatic carbocycles. The Morgan fingerprint density at radius 3 is 2.81 bits per heavy atom. The van der Waals surface area contributed by atoms with Crippen molar-refractivity contribution in [2.75, 3.05) is 31.6 Å². The molecule has 2 N–H and O–H groups in total. The minimum atomic E-state index is -0.291. The number of benzene rings is 2. The van der Waals surface area contributed by atoms with Gasteiger partial charge in [0.2, 0.25) is 11.8 Å². The number of nitrogens with zero attached hydrogens (tertiary/aromatic N) is 1. The molecule has 2 heterocycles. The molecule has 2 aliphatic heterocycles. The van der Waals surface area contributed by atoms with E-state index in [1.54, 1.807) is 0 Å². The Bertz CT molecular complexity index is 932. The normalized spacial score (nSPS) is 18.2. The number of likely N-dealkylation sites (tertiary alicyclic amines) is 1. The Hall–Kier alpha value is -2.57. The zero-order valence-electron chi connectivity index (χ0n) is 17.5. The molecule has 31 heavy (non-hydrogen) atoms. The monoisotopic (exact) mass is 441 g/mol. The van der Waals surface area contributed by atoms with Crippen molar-refractivity contribution in [3.05, 3.63) is 58.6 Å². The van der Waals surface area contributed by atoms with Crippen molar-refractivity contribution in [2.24, 2.45) is 0 Å². The van der Waals surface area contributed by atoms with Crippen LogP contribution in [0.15, 0.2) is 42.5 Å². The second-order valence-corrected chi connectivity index (χ2v) is 8.56. The summed E-state index contributed by atoms with van der Waals surface area (Å²) in [7, 11) is 0. The summed E-state index contributed by atoms with van der Waals surface area (Å²) < 4.78 is 5.53. The molecule has 2 aliphatic rings. The zero-order chi connectivity index (χ0) is 21.6. The average Bonchev–Trinajstić information content (AvgIpc) is 3.23. The second kappa shape index (κ2) is 10.2. The molecule has 0 unspecified atom stereocenters. The number of hydrogen-bond acceptors (Lipinski definition) is 4. The summed E-state index contributed by atoms with van der Waals surface area (Å²) in [6, 6.07) is 13.1. The lowest BCUT2D eigenvalue weighted by atomic mass is 10.0. The lowest BCUT2D eigenvalue weighted by Crippen LogP contribution is -2.50. The fourth-order valence-electron chi connectivity index (χ4n) is 4.20. The highest BCUT2D eigenvalue weighted by Crippen LogP contribution is 2.28. The molecular weight excluding hydrogens is 414 g/mol. The number of nitrogens with one attached hydrogen (secondary N) is 2. The number of carbonyl (C=O) groups is 2. The van der Waals surface area contributed by atoms with Gasteiger partial charge in [-0.25, -0.2) is 0 Å². The maximum atomic E-state index is 13.0. The topological polar surface area (TPSA) is 70.7 Å². The quantitative estimate of drug-likeness (QED) is 0.690. The van der Waals surface area contributed by atoms with Crippen LogP contribution in [0.25, 0.3) is 0 Å². The van der Waals surface area contributed by atoms with Gasteiger partial charge in [0.25, 0.3) is 0 Å². The van der Waals surface area contributed by atoms with E-state index in [0.29, 0.717) is 18.2 Å². The van der Waals surface area contributed by atoms with Gasteiger partial charge in [0.15, 0.2) is 0 Å². The number of amides is 2. The number of ether oxygens (including phenoxy) is 1.